The molecule has 0 N–H and O–H groups in total. The molecule has 0 atom stereocenters. The predicted octanol–water partition coefficient (Wildman–Crippen LogP) is 3.44. The van der Waals surface area contributed by atoms with E-state index < -0.39 is 5.82 Å². The van der Waals surface area contributed by atoms with E-state index in [0.29, 0.717) is 11.3 Å². The molecule has 0 saturated carbocycles. The van der Waals surface area contributed by atoms with Crippen LogP contribution in [0.4, 0.5) is 4.39 Å². The lowest BCUT2D eigenvalue weighted by Crippen LogP contribution is -1.82. The van der Waals surface area contributed by atoms with Crippen molar-refractivity contribution in [3.63, 3.8) is 0 Å². The lowest BCUT2D eigenvalue weighted by atomic mass is 10.1. The summed E-state index contributed by atoms with van der Waals surface area (Å²) < 4.78 is 18.2. The van der Waals surface area contributed by atoms with E-state index >= 15 is 0 Å². The molecule has 72 valence electrons. The smallest absolute Gasteiger partial charge is 0.181 e. The Balaban J connectivity index is 2.53. The maximum absolute atomic E-state index is 13.1. The summed E-state index contributed by atoms with van der Waals surface area (Å²) in [4.78, 5) is 3.92. The van der Waals surface area contributed by atoms with Crippen LogP contribution in [0.15, 0.2) is 29.0 Å². The number of halogens is 2. The van der Waals surface area contributed by atoms with Crippen molar-refractivity contribution < 1.29 is 8.81 Å². The fourth-order valence-electron chi connectivity index (χ4n) is 1.22. The highest BCUT2D eigenvalue weighted by molar-refractivity contribution is 6.30. The SMILES string of the molecule is Cc1ncoc1-c1ccc(Cl)c(F)c1. The Morgan fingerprint density at radius 2 is 2.21 bits per heavy atom. The van der Waals surface area contributed by atoms with Crippen LogP contribution in [-0.4, -0.2) is 4.98 Å². The van der Waals surface area contributed by atoms with E-state index in [0.717, 1.165) is 5.69 Å². The molecule has 0 amide bonds. The molecule has 0 aliphatic heterocycles. The zero-order valence-corrected chi connectivity index (χ0v) is 8.18. The van der Waals surface area contributed by atoms with E-state index in [1.807, 2.05) is 0 Å². The third kappa shape index (κ3) is 1.51. The Bertz CT molecular complexity index is 467. The molecule has 0 fully saturated rings. The van der Waals surface area contributed by atoms with Gasteiger partial charge in [0.2, 0.25) is 0 Å². The second kappa shape index (κ2) is 3.42. The monoisotopic (exact) mass is 211 g/mol. The van der Waals surface area contributed by atoms with Crippen LogP contribution in [0.25, 0.3) is 11.3 Å². The van der Waals surface area contributed by atoms with Crippen molar-refractivity contribution in [1.82, 2.24) is 4.98 Å². The Kier molecular flexibility index (Phi) is 2.25. The summed E-state index contributed by atoms with van der Waals surface area (Å²) in [6.45, 7) is 1.80. The minimum atomic E-state index is -0.458. The van der Waals surface area contributed by atoms with Gasteiger partial charge in [-0.15, -0.1) is 0 Å². The van der Waals surface area contributed by atoms with Crippen molar-refractivity contribution in [1.29, 1.82) is 0 Å². The molecule has 2 nitrogen and oxygen atoms in total. The van der Waals surface area contributed by atoms with Gasteiger partial charge >= 0.3 is 0 Å². The van der Waals surface area contributed by atoms with Gasteiger partial charge in [0.05, 0.1) is 10.7 Å². The number of hydrogen-bond donors (Lipinski definition) is 0. The van der Waals surface area contributed by atoms with Crippen LogP contribution >= 0.6 is 11.6 Å². The quantitative estimate of drug-likeness (QED) is 0.722. The fourth-order valence-corrected chi connectivity index (χ4v) is 1.33. The normalized spacial score (nSPS) is 10.5. The standard InChI is InChI=1S/C10H7ClFNO/c1-6-10(14-5-13-6)7-2-3-8(11)9(12)4-7/h2-5H,1H3. The summed E-state index contributed by atoms with van der Waals surface area (Å²) in [6.07, 6.45) is 1.33. The van der Waals surface area contributed by atoms with E-state index in [9.17, 15) is 4.39 Å². The Morgan fingerprint density at radius 1 is 1.43 bits per heavy atom. The van der Waals surface area contributed by atoms with Gasteiger partial charge in [0.25, 0.3) is 0 Å². The third-order valence-corrected chi connectivity index (χ3v) is 2.23. The van der Waals surface area contributed by atoms with Gasteiger partial charge in [-0.05, 0) is 25.1 Å². The summed E-state index contributed by atoms with van der Waals surface area (Å²) in [5.74, 6) is 0.112. The van der Waals surface area contributed by atoms with Crippen LogP contribution < -0.4 is 0 Å². The van der Waals surface area contributed by atoms with Crippen LogP contribution in [0.1, 0.15) is 5.69 Å². The molecule has 1 aromatic heterocycles. The van der Waals surface area contributed by atoms with E-state index in [4.69, 9.17) is 16.0 Å². The third-order valence-electron chi connectivity index (χ3n) is 1.93. The van der Waals surface area contributed by atoms with Gasteiger partial charge in [0.15, 0.2) is 12.2 Å². The van der Waals surface area contributed by atoms with Gasteiger partial charge in [0, 0.05) is 5.56 Å². The van der Waals surface area contributed by atoms with Crippen molar-refractivity contribution in [2.75, 3.05) is 0 Å². The summed E-state index contributed by atoms with van der Waals surface area (Å²) in [5, 5.41) is 0.103. The molecular weight excluding hydrogens is 205 g/mol. The van der Waals surface area contributed by atoms with Crippen molar-refractivity contribution in [2.45, 2.75) is 6.92 Å². The van der Waals surface area contributed by atoms with E-state index in [1.165, 1.54) is 18.5 Å². The summed E-state index contributed by atoms with van der Waals surface area (Å²) in [7, 11) is 0. The molecule has 0 aliphatic carbocycles. The van der Waals surface area contributed by atoms with Crippen LogP contribution in [-0.2, 0) is 0 Å². The molecule has 2 rings (SSSR count). The molecule has 1 heterocycles. The number of hydrogen-bond acceptors (Lipinski definition) is 2. The van der Waals surface area contributed by atoms with Crippen LogP contribution in [0.3, 0.4) is 0 Å². The van der Waals surface area contributed by atoms with Crippen LogP contribution in [0.2, 0.25) is 5.02 Å². The van der Waals surface area contributed by atoms with E-state index in [1.54, 1.807) is 13.0 Å². The second-order valence-electron chi connectivity index (χ2n) is 2.90. The largest absolute Gasteiger partial charge is 0.443 e. The number of benzene rings is 1. The molecule has 0 saturated heterocycles. The molecule has 0 aliphatic rings. The maximum Gasteiger partial charge on any atom is 0.181 e. The van der Waals surface area contributed by atoms with Gasteiger partial charge in [-0.1, -0.05) is 11.6 Å². The lowest BCUT2D eigenvalue weighted by molar-refractivity contribution is 0.569. The molecule has 0 spiro atoms. The number of aryl methyl sites for hydroxylation is 1. The molecular formula is C10H7ClFNO. The van der Waals surface area contributed by atoms with Crippen molar-refractivity contribution in [3.05, 3.63) is 41.1 Å². The van der Waals surface area contributed by atoms with Gasteiger partial charge in [0.1, 0.15) is 5.82 Å². The molecule has 4 heteroatoms. The molecule has 0 radical (unpaired) electrons. The molecule has 0 bridgehead atoms. The van der Waals surface area contributed by atoms with E-state index in [-0.39, 0.29) is 5.02 Å². The summed E-state index contributed by atoms with van der Waals surface area (Å²) in [5.41, 5.74) is 1.37. The number of rotatable bonds is 1. The van der Waals surface area contributed by atoms with Crippen LogP contribution in [0, 0.1) is 12.7 Å². The molecule has 14 heavy (non-hydrogen) atoms. The predicted molar refractivity (Wildman–Crippen MR) is 51.6 cm³/mol. The summed E-state index contributed by atoms with van der Waals surface area (Å²) in [6, 6.07) is 4.52. The Morgan fingerprint density at radius 3 is 2.79 bits per heavy atom. The number of oxazole rings is 1. The lowest BCUT2D eigenvalue weighted by Gasteiger charge is -1.99. The van der Waals surface area contributed by atoms with Crippen molar-refractivity contribution in [2.24, 2.45) is 0 Å². The first kappa shape index (κ1) is 9.21. The molecule has 2 aromatic rings. The highest BCUT2D eigenvalue weighted by Gasteiger charge is 2.08. The van der Waals surface area contributed by atoms with Gasteiger partial charge in [-0.25, -0.2) is 9.37 Å². The Hall–Kier alpha value is -1.35. The molecule has 1 aromatic carbocycles. The first-order chi connectivity index (χ1) is 6.68. The highest BCUT2D eigenvalue weighted by Crippen LogP contribution is 2.25. The van der Waals surface area contributed by atoms with Gasteiger partial charge < -0.3 is 4.42 Å². The number of nitrogens with zero attached hydrogens (tertiary/aromatic N) is 1. The maximum atomic E-state index is 13.1. The zero-order valence-electron chi connectivity index (χ0n) is 7.42. The average Bonchev–Trinajstić information content (AvgIpc) is 2.57. The van der Waals surface area contributed by atoms with Crippen LogP contribution in [0.5, 0.6) is 0 Å². The van der Waals surface area contributed by atoms with Crippen molar-refractivity contribution in [3.8, 4) is 11.3 Å². The zero-order chi connectivity index (χ0) is 10.1. The minimum Gasteiger partial charge on any atom is -0.443 e. The fraction of sp³-hybridized carbons (Fsp3) is 0.100. The van der Waals surface area contributed by atoms with Crippen molar-refractivity contribution >= 4 is 11.6 Å². The van der Waals surface area contributed by atoms with Gasteiger partial charge in [-0.2, -0.15) is 0 Å². The molecule has 0 unspecified atom stereocenters. The number of aromatic nitrogens is 1. The van der Waals surface area contributed by atoms with E-state index in [2.05, 4.69) is 4.98 Å². The minimum absolute atomic E-state index is 0.103. The first-order valence-electron chi connectivity index (χ1n) is 4.04. The first-order valence-corrected chi connectivity index (χ1v) is 4.42. The average molecular weight is 212 g/mol. The Labute approximate surface area is 85.3 Å². The highest BCUT2D eigenvalue weighted by atomic mass is 35.5. The summed E-state index contributed by atoms with van der Waals surface area (Å²) >= 11 is 5.56. The second-order valence-corrected chi connectivity index (χ2v) is 3.30. The topological polar surface area (TPSA) is 26.0 Å². The van der Waals surface area contributed by atoms with Gasteiger partial charge in [-0.3, -0.25) is 0 Å².